The quantitative estimate of drug-likeness (QED) is 0.420. The number of alkyl halides is 3. The van der Waals surface area contributed by atoms with Gasteiger partial charge in [-0.3, -0.25) is 15.0 Å². The van der Waals surface area contributed by atoms with Crippen LogP contribution in [0.3, 0.4) is 0 Å². The Balaban J connectivity index is 2.28. The van der Waals surface area contributed by atoms with Crippen LogP contribution >= 0.6 is 23.2 Å². The molecule has 2 N–H and O–H groups in total. The molecule has 0 saturated heterocycles. The molecule has 184 valence electrons. The first kappa shape index (κ1) is 27.3. The molecule has 0 bridgehead atoms. The fourth-order valence-electron chi connectivity index (χ4n) is 2.77. The van der Waals surface area contributed by atoms with Gasteiger partial charge in [0.25, 0.3) is 11.8 Å². The van der Waals surface area contributed by atoms with Gasteiger partial charge in [-0.15, -0.1) is 0 Å². The minimum atomic E-state index is -4.67. The van der Waals surface area contributed by atoms with Crippen LogP contribution in [-0.2, 0) is 4.74 Å². The standard InChI is InChI=1S/C22H21Cl2F3N2O5/c1-11-9-12(5-6-13(11)20(33)34-10-22(25,26)27)18(31)28-29(21(2,3)4)19(32)14-7-8-15(23)17(30)16(14)24/h5-9,30H,10H2,1-4H3,(H,28,31). The number of phenolic OH excluding ortho intramolecular Hbond substituents is 1. The summed E-state index contributed by atoms with van der Waals surface area (Å²) in [5, 5.41) is 10.6. The number of hydrogen-bond donors (Lipinski definition) is 2. The number of ether oxygens (including phenoxy) is 1. The average Bonchev–Trinajstić information content (AvgIpc) is 2.72. The summed E-state index contributed by atoms with van der Waals surface area (Å²) in [6, 6.07) is 6.20. The molecule has 2 aromatic carbocycles. The van der Waals surface area contributed by atoms with E-state index in [4.69, 9.17) is 23.2 Å². The molecule has 0 aromatic heterocycles. The molecule has 34 heavy (non-hydrogen) atoms. The van der Waals surface area contributed by atoms with Gasteiger partial charge in [-0.2, -0.15) is 13.2 Å². The minimum absolute atomic E-state index is 0.0250. The fourth-order valence-corrected chi connectivity index (χ4v) is 3.23. The predicted octanol–water partition coefficient (Wildman–Crippen LogP) is 5.31. The normalized spacial score (nSPS) is 11.7. The zero-order chi connectivity index (χ0) is 26.0. The van der Waals surface area contributed by atoms with E-state index in [1.165, 1.54) is 31.2 Å². The second-order valence-electron chi connectivity index (χ2n) is 8.23. The molecule has 0 aliphatic rings. The molecular weight excluding hydrogens is 500 g/mol. The number of benzene rings is 2. The Kier molecular flexibility index (Phi) is 8.10. The van der Waals surface area contributed by atoms with E-state index in [2.05, 4.69) is 10.2 Å². The van der Waals surface area contributed by atoms with Gasteiger partial charge in [0.05, 0.1) is 26.7 Å². The van der Waals surface area contributed by atoms with Gasteiger partial charge in [-0.1, -0.05) is 23.2 Å². The molecule has 0 spiro atoms. The first-order chi connectivity index (χ1) is 15.5. The van der Waals surface area contributed by atoms with Crippen molar-refractivity contribution in [1.82, 2.24) is 10.4 Å². The zero-order valence-electron chi connectivity index (χ0n) is 18.5. The first-order valence-electron chi connectivity index (χ1n) is 9.70. The van der Waals surface area contributed by atoms with Crippen molar-refractivity contribution in [3.8, 4) is 5.75 Å². The maximum absolute atomic E-state index is 13.1. The lowest BCUT2D eigenvalue weighted by Gasteiger charge is -2.35. The van der Waals surface area contributed by atoms with Crippen molar-refractivity contribution < 1.29 is 37.4 Å². The molecule has 2 rings (SSSR count). The van der Waals surface area contributed by atoms with Crippen LogP contribution in [0.25, 0.3) is 0 Å². The van der Waals surface area contributed by atoms with Crippen molar-refractivity contribution in [3.05, 3.63) is 62.6 Å². The summed E-state index contributed by atoms with van der Waals surface area (Å²) in [7, 11) is 0. The molecule has 0 aliphatic carbocycles. The van der Waals surface area contributed by atoms with Gasteiger partial charge >= 0.3 is 12.1 Å². The highest BCUT2D eigenvalue weighted by atomic mass is 35.5. The maximum Gasteiger partial charge on any atom is 0.422 e. The number of nitrogens with one attached hydrogen (secondary N) is 1. The van der Waals surface area contributed by atoms with Gasteiger partial charge in [0, 0.05) is 5.56 Å². The number of amides is 2. The minimum Gasteiger partial charge on any atom is -0.505 e. The van der Waals surface area contributed by atoms with E-state index in [0.29, 0.717) is 0 Å². The van der Waals surface area contributed by atoms with Crippen LogP contribution in [0, 0.1) is 6.92 Å². The van der Waals surface area contributed by atoms with E-state index in [1.807, 2.05) is 0 Å². The smallest absolute Gasteiger partial charge is 0.422 e. The number of carbonyl (C=O) groups excluding carboxylic acids is 3. The van der Waals surface area contributed by atoms with Gasteiger partial charge in [0.1, 0.15) is 0 Å². The predicted molar refractivity (Wildman–Crippen MR) is 119 cm³/mol. The molecule has 0 radical (unpaired) electrons. The number of nitrogens with zero attached hydrogens (tertiary/aromatic N) is 1. The lowest BCUT2D eigenvalue weighted by molar-refractivity contribution is -0.161. The molecule has 0 unspecified atom stereocenters. The number of halogens is 5. The highest BCUT2D eigenvalue weighted by Gasteiger charge is 2.32. The number of aromatic hydroxyl groups is 1. The third kappa shape index (κ3) is 6.54. The van der Waals surface area contributed by atoms with Crippen molar-refractivity contribution in [2.75, 3.05) is 6.61 Å². The molecule has 0 saturated carbocycles. The largest absolute Gasteiger partial charge is 0.505 e. The third-order valence-electron chi connectivity index (χ3n) is 4.46. The Morgan fingerprint density at radius 1 is 1.06 bits per heavy atom. The SMILES string of the molecule is Cc1cc(C(=O)NN(C(=O)c2ccc(Cl)c(O)c2Cl)C(C)(C)C)ccc1C(=O)OCC(F)(F)F. The Morgan fingerprint density at radius 2 is 1.65 bits per heavy atom. The monoisotopic (exact) mass is 520 g/mol. The lowest BCUT2D eigenvalue weighted by atomic mass is 10.0. The number of hydrazine groups is 1. The summed E-state index contributed by atoms with van der Waals surface area (Å²) in [4.78, 5) is 37.9. The Morgan fingerprint density at radius 3 is 2.18 bits per heavy atom. The summed E-state index contributed by atoms with van der Waals surface area (Å²) in [6.07, 6.45) is -4.67. The number of phenols is 1. The van der Waals surface area contributed by atoms with Crippen molar-refractivity contribution in [2.45, 2.75) is 39.4 Å². The van der Waals surface area contributed by atoms with E-state index in [0.717, 1.165) is 11.1 Å². The van der Waals surface area contributed by atoms with E-state index in [-0.39, 0.29) is 32.3 Å². The van der Waals surface area contributed by atoms with Crippen LogP contribution in [-0.4, -0.2) is 46.2 Å². The van der Waals surface area contributed by atoms with Crippen LogP contribution in [0.4, 0.5) is 13.2 Å². The molecule has 7 nitrogen and oxygen atoms in total. The van der Waals surface area contributed by atoms with Gasteiger partial charge in [0.2, 0.25) is 0 Å². The molecular formula is C22H21Cl2F3N2O5. The molecule has 0 atom stereocenters. The fraction of sp³-hybridized carbons (Fsp3) is 0.318. The van der Waals surface area contributed by atoms with Gasteiger partial charge in [0.15, 0.2) is 12.4 Å². The van der Waals surface area contributed by atoms with Gasteiger partial charge in [-0.25, -0.2) is 9.80 Å². The lowest BCUT2D eigenvalue weighted by Crippen LogP contribution is -2.56. The van der Waals surface area contributed by atoms with Crippen molar-refractivity contribution in [2.24, 2.45) is 0 Å². The van der Waals surface area contributed by atoms with Crippen LogP contribution in [0.1, 0.15) is 57.4 Å². The number of esters is 1. The molecule has 12 heteroatoms. The number of carbonyl (C=O) groups is 3. The van der Waals surface area contributed by atoms with Crippen LogP contribution < -0.4 is 5.43 Å². The second-order valence-corrected chi connectivity index (χ2v) is 9.02. The number of aryl methyl sites for hydroxylation is 1. The summed E-state index contributed by atoms with van der Waals surface area (Å²) in [6.45, 7) is 4.60. The summed E-state index contributed by atoms with van der Waals surface area (Å²) in [5.41, 5.74) is 1.48. The maximum atomic E-state index is 13.1. The summed E-state index contributed by atoms with van der Waals surface area (Å²) in [5.74, 6) is -3.15. The third-order valence-corrected chi connectivity index (χ3v) is 5.15. The van der Waals surface area contributed by atoms with Gasteiger partial charge < -0.3 is 9.84 Å². The Hall–Kier alpha value is -2.98. The Labute approximate surface area is 203 Å². The molecule has 0 aliphatic heterocycles. The first-order valence-corrected chi connectivity index (χ1v) is 10.5. The van der Waals surface area contributed by atoms with E-state index in [9.17, 15) is 32.7 Å². The van der Waals surface area contributed by atoms with Gasteiger partial charge in [-0.05, 0) is 63.6 Å². The molecule has 0 heterocycles. The highest BCUT2D eigenvalue weighted by molar-refractivity contribution is 6.39. The number of hydrogen-bond acceptors (Lipinski definition) is 5. The van der Waals surface area contributed by atoms with Crippen molar-refractivity contribution >= 4 is 41.0 Å². The molecule has 2 aromatic rings. The zero-order valence-corrected chi connectivity index (χ0v) is 20.0. The van der Waals surface area contributed by atoms with E-state index in [1.54, 1.807) is 20.8 Å². The molecule has 0 fully saturated rings. The molecule has 2 amide bonds. The van der Waals surface area contributed by atoms with Crippen LogP contribution in [0.15, 0.2) is 30.3 Å². The van der Waals surface area contributed by atoms with Crippen molar-refractivity contribution in [1.29, 1.82) is 0 Å². The average molecular weight is 521 g/mol. The topological polar surface area (TPSA) is 95.9 Å². The van der Waals surface area contributed by atoms with E-state index >= 15 is 0 Å². The van der Waals surface area contributed by atoms with Crippen LogP contribution in [0.5, 0.6) is 5.75 Å². The summed E-state index contributed by atoms with van der Waals surface area (Å²) < 4.78 is 41.1. The van der Waals surface area contributed by atoms with E-state index < -0.39 is 41.9 Å². The van der Waals surface area contributed by atoms with Crippen molar-refractivity contribution in [3.63, 3.8) is 0 Å². The van der Waals surface area contributed by atoms with Crippen LogP contribution in [0.2, 0.25) is 10.0 Å². The highest BCUT2D eigenvalue weighted by Crippen LogP contribution is 2.35. The second kappa shape index (κ2) is 10.1. The summed E-state index contributed by atoms with van der Waals surface area (Å²) >= 11 is 11.9. The Bertz CT molecular complexity index is 1130. The number of rotatable bonds is 4.